The van der Waals surface area contributed by atoms with Crippen LogP contribution in [0.1, 0.15) is 40.0 Å². The first-order chi connectivity index (χ1) is 10.1. The smallest absolute Gasteiger partial charge is 0.119 e. The fourth-order valence-corrected chi connectivity index (χ4v) is 3.07. The minimum atomic E-state index is 0.227. The summed E-state index contributed by atoms with van der Waals surface area (Å²) >= 11 is 0. The molecule has 1 fully saturated rings. The average Bonchev–Trinajstić information content (AvgIpc) is 2.47. The molecule has 1 aliphatic heterocycles. The first-order valence-corrected chi connectivity index (χ1v) is 8.27. The Kier molecular flexibility index (Phi) is 6.07. The summed E-state index contributed by atoms with van der Waals surface area (Å²) in [5.74, 6) is 0.975. The zero-order chi connectivity index (χ0) is 15.1. The summed E-state index contributed by atoms with van der Waals surface area (Å²) in [6.07, 6.45) is 3.62. The van der Waals surface area contributed by atoms with Crippen LogP contribution in [0.5, 0.6) is 5.75 Å². The van der Waals surface area contributed by atoms with Gasteiger partial charge in [-0.05, 0) is 38.8 Å². The largest absolute Gasteiger partial charge is 0.494 e. The SMILES string of the molecule is CCCC1CNC(C)(C)CN1CCCOc1ccccc1. The van der Waals surface area contributed by atoms with Crippen molar-refractivity contribution >= 4 is 0 Å². The minimum Gasteiger partial charge on any atom is -0.494 e. The van der Waals surface area contributed by atoms with Gasteiger partial charge in [0.05, 0.1) is 6.61 Å². The first-order valence-electron chi connectivity index (χ1n) is 8.27. The quantitative estimate of drug-likeness (QED) is 0.780. The van der Waals surface area contributed by atoms with E-state index in [0.717, 1.165) is 38.4 Å². The summed E-state index contributed by atoms with van der Waals surface area (Å²) in [4.78, 5) is 2.65. The molecule has 1 heterocycles. The van der Waals surface area contributed by atoms with Gasteiger partial charge in [-0.25, -0.2) is 0 Å². The van der Waals surface area contributed by atoms with E-state index in [2.05, 4.69) is 31.0 Å². The Balaban J connectivity index is 1.76. The molecule has 21 heavy (non-hydrogen) atoms. The van der Waals surface area contributed by atoms with Gasteiger partial charge in [0.1, 0.15) is 5.75 Å². The molecule has 1 atom stereocenters. The first kappa shape index (κ1) is 16.3. The lowest BCUT2D eigenvalue weighted by atomic mass is 9.96. The molecule has 3 nitrogen and oxygen atoms in total. The highest BCUT2D eigenvalue weighted by atomic mass is 16.5. The predicted octanol–water partition coefficient (Wildman–Crippen LogP) is 3.31. The molecule has 1 saturated heterocycles. The van der Waals surface area contributed by atoms with E-state index < -0.39 is 0 Å². The normalized spacial score (nSPS) is 22.1. The highest BCUT2D eigenvalue weighted by molar-refractivity contribution is 5.20. The summed E-state index contributed by atoms with van der Waals surface area (Å²) in [5, 5.41) is 3.67. The number of para-hydroxylation sites is 1. The van der Waals surface area contributed by atoms with Crippen LogP contribution in [0, 0.1) is 0 Å². The van der Waals surface area contributed by atoms with E-state index in [-0.39, 0.29) is 5.54 Å². The van der Waals surface area contributed by atoms with Crippen LogP contribution in [0.25, 0.3) is 0 Å². The van der Waals surface area contributed by atoms with Gasteiger partial charge in [0.15, 0.2) is 0 Å². The van der Waals surface area contributed by atoms with Gasteiger partial charge in [0, 0.05) is 31.2 Å². The molecule has 0 saturated carbocycles. The molecule has 3 heteroatoms. The van der Waals surface area contributed by atoms with Gasteiger partial charge >= 0.3 is 0 Å². The van der Waals surface area contributed by atoms with Gasteiger partial charge in [-0.15, -0.1) is 0 Å². The van der Waals surface area contributed by atoms with Crippen molar-refractivity contribution in [3.8, 4) is 5.75 Å². The van der Waals surface area contributed by atoms with E-state index in [0.29, 0.717) is 6.04 Å². The van der Waals surface area contributed by atoms with Crippen LogP contribution in [0.2, 0.25) is 0 Å². The maximum absolute atomic E-state index is 5.80. The van der Waals surface area contributed by atoms with E-state index in [1.807, 2.05) is 30.3 Å². The van der Waals surface area contributed by atoms with Gasteiger partial charge in [0.25, 0.3) is 0 Å². The van der Waals surface area contributed by atoms with Gasteiger partial charge in [-0.1, -0.05) is 31.5 Å². The molecule has 0 spiro atoms. The van der Waals surface area contributed by atoms with Crippen LogP contribution in [-0.4, -0.2) is 42.7 Å². The van der Waals surface area contributed by atoms with E-state index in [9.17, 15) is 0 Å². The van der Waals surface area contributed by atoms with E-state index in [4.69, 9.17) is 4.74 Å². The van der Waals surface area contributed by atoms with Crippen molar-refractivity contribution in [2.24, 2.45) is 0 Å². The Hall–Kier alpha value is -1.06. The predicted molar refractivity (Wildman–Crippen MR) is 88.9 cm³/mol. The molecule has 1 N–H and O–H groups in total. The molecule has 2 rings (SSSR count). The molecule has 0 bridgehead atoms. The standard InChI is InChI=1S/C18H30N2O/c1-4-9-16-14-19-18(2,3)15-20(16)12-8-13-21-17-10-6-5-7-11-17/h5-7,10-11,16,19H,4,8-9,12-15H2,1-3H3. The highest BCUT2D eigenvalue weighted by Gasteiger charge is 2.31. The van der Waals surface area contributed by atoms with Crippen molar-refractivity contribution in [1.82, 2.24) is 10.2 Å². The minimum absolute atomic E-state index is 0.227. The van der Waals surface area contributed by atoms with Crippen molar-refractivity contribution in [1.29, 1.82) is 0 Å². The molecule has 1 aromatic rings. The third-order valence-electron chi connectivity index (χ3n) is 4.15. The fourth-order valence-electron chi connectivity index (χ4n) is 3.07. The summed E-state index contributed by atoms with van der Waals surface area (Å²) < 4.78 is 5.80. The van der Waals surface area contributed by atoms with Gasteiger partial charge < -0.3 is 10.1 Å². The summed E-state index contributed by atoms with van der Waals surface area (Å²) in [7, 11) is 0. The van der Waals surface area contributed by atoms with Crippen molar-refractivity contribution < 1.29 is 4.74 Å². The Morgan fingerprint density at radius 2 is 2.05 bits per heavy atom. The molecular formula is C18H30N2O. The molecule has 1 aliphatic rings. The molecule has 0 aliphatic carbocycles. The monoisotopic (exact) mass is 290 g/mol. The second-order valence-electron chi connectivity index (χ2n) is 6.69. The maximum atomic E-state index is 5.80. The second-order valence-corrected chi connectivity index (χ2v) is 6.69. The molecule has 0 amide bonds. The number of hydrogen-bond acceptors (Lipinski definition) is 3. The number of piperazine rings is 1. The number of rotatable bonds is 7. The Morgan fingerprint density at radius 3 is 2.76 bits per heavy atom. The molecule has 1 unspecified atom stereocenters. The molecule has 118 valence electrons. The van der Waals surface area contributed by atoms with Crippen LogP contribution in [-0.2, 0) is 0 Å². The van der Waals surface area contributed by atoms with Crippen LogP contribution < -0.4 is 10.1 Å². The van der Waals surface area contributed by atoms with Crippen LogP contribution in [0.3, 0.4) is 0 Å². The van der Waals surface area contributed by atoms with Crippen molar-refractivity contribution in [3.63, 3.8) is 0 Å². The topological polar surface area (TPSA) is 24.5 Å². The van der Waals surface area contributed by atoms with Gasteiger partial charge in [-0.3, -0.25) is 4.90 Å². The molecule has 0 aromatic heterocycles. The summed E-state index contributed by atoms with van der Waals surface area (Å²) in [6, 6.07) is 10.8. The zero-order valence-electron chi connectivity index (χ0n) is 13.8. The van der Waals surface area contributed by atoms with E-state index >= 15 is 0 Å². The van der Waals surface area contributed by atoms with Gasteiger partial charge in [-0.2, -0.15) is 0 Å². The van der Waals surface area contributed by atoms with Crippen LogP contribution >= 0.6 is 0 Å². The van der Waals surface area contributed by atoms with E-state index in [1.165, 1.54) is 12.8 Å². The lowest BCUT2D eigenvalue weighted by Gasteiger charge is -2.44. The zero-order valence-corrected chi connectivity index (χ0v) is 13.8. The fraction of sp³-hybridized carbons (Fsp3) is 0.667. The van der Waals surface area contributed by atoms with E-state index in [1.54, 1.807) is 0 Å². The second kappa shape index (κ2) is 7.81. The molecule has 1 aromatic carbocycles. The number of nitrogens with zero attached hydrogens (tertiary/aromatic N) is 1. The third-order valence-corrected chi connectivity index (χ3v) is 4.15. The number of ether oxygens (including phenoxy) is 1. The molecular weight excluding hydrogens is 260 g/mol. The third kappa shape index (κ3) is 5.33. The van der Waals surface area contributed by atoms with Crippen molar-refractivity contribution in [2.45, 2.75) is 51.6 Å². The number of benzene rings is 1. The van der Waals surface area contributed by atoms with Crippen molar-refractivity contribution in [3.05, 3.63) is 30.3 Å². The number of hydrogen-bond donors (Lipinski definition) is 1. The Morgan fingerprint density at radius 1 is 1.29 bits per heavy atom. The lowest BCUT2D eigenvalue weighted by Crippen LogP contribution is -2.61. The average molecular weight is 290 g/mol. The molecule has 0 radical (unpaired) electrons. The summed E-state index contributed by atoms with van der Waals surface area (Å²) in [5.41, 5.74) is 0.227. The lowest BCUT2D eigenvalue weighted by molar-refractivity contribution is 0.0839. The highest BCUT2D eigenvalue weighted by Crippen LogP contribution is 2.18. The van der Waals surface area contributed by atoms with Crippen molar-refractivity contribution in [2.75, 3.05) is 26.2 Å². The van der Waals surface area contributed by atoms with Crippen LogP contribution in [0.15, 0.2) is 30.3 Å². The Bertz CT molecular complexity index is 405. The van der Waals surface area contributed by atoms with Crippen LogP contribution in [0.4, 0.5) is 0 Å². The maximum Gasteiger partial charge on any atom is 0.119 e. The van der Waals surface area contributed by atoms with Gasteiger partial charge in [0.2, 0.25) is 0 Å². The Labute approximate surface area is 129 Å². The number of nitrogens with one attached hydrogen (secondary N) is 1. The summed E-state index contributed by atoms with van der Waals surface area (Å²) in [6.45, 7) is 11.0.